The fourth-order valence-corrected chi connectivity index (χ4v) is 1.91. The van der Waals surface area contributed by atoms with Crippen molar-refractivity contribution in [2.75, 3.05) is 13.7 Å². The smallest absolute Gasteiger partial charge is 0.381 e. The Bertz CT molecular complexity index is 478. The summed E-state index contributed by atoms with van der Waals surface area (Å²) in [6, 6.07) is 4.61. The molecule has 0 aromatic heterocycles. The minimum absolute atomic E-state index is 0.381. The predicted octanol–water partition coefficient (Wildman–Crippen LogP) is 3.62. The van der Waals surface area contributed by atoms with Crippen LogP contribution in [0.5, 0.6) is 0 Å². The molecule has 0 amide bonds. The number of methoxy groups -OCH3 is 1. The number of benzene rings is 1. The first-order valence-electron chi connectivity index (χ1n) is 6.59. The molecule has 1 saturated carbocycles. The first kappa shape index (κ1) is 15.1. The van der Waals surface area contributed by atoms with Gasteiger partial charge in [0, 0.05) is 19.7 Å². The van der Waals surface area contributed by atoms with Gasteiger partial charge in [-0.3, -0.25) is 0 Å². The molecule has 0 heterocycles. The second-order valence-corrected chi connectivity index (χ2v) is 4.97. The lowest BCUT2D eigenvalue weighted by Gasteiger charge is -2.11. The van der Waals surface area contributed by atoms with E-state index < -0.39 is 11.7 Å². The van der Waals surface area contributed by atoms with Crippen LogP contribution < -0.4 is 5.32 Å². The fourth-order valence-electron chi connectivity index (χ4n) is 1.91. The third kappa shape index (κ3) is 4.65. The van der Waals surface area contributed by atoms with E-state index in [1.807, 2.05) is 0 Å². The highest BCUT2D eigenvalue weighted by atomic mass is 19.4. The summed E-state index contributed by atoms with van der Waals surface area (Å²) in [4.78, 5) is 0. The molecule has 5 heteroatoms. The molecule has 0 atom stereocenters. The van der Waals surface area contributed by atoms with Gasteiger partial charge >= 0.3 is 6.18 Å². The Labute approximate surface area is 116 Å². The van der Waals surface area contributed by atoms with Crippen molar-refractivity contribution in [3.63, 3.8) is 0 Å². The largest absolute Gasteiger partial charge is 0.416 e. The van der Waals surface area contributed by atoms with Crippen LogP contribution in [0.3, 0.4) is 0 Å². The van der Waals surface area contributed by atoms with E-state index in [-0.39, 0.29) is 0 Å². The van der Waals surface area contributed by atoms with Gasteiger partial charge in [-0.15, -0.1) is 0 Å². The van der Waals surface area contributed by atoms with Crippen molar-refractivity contribution in [3.05, 3.63) is 41.0 Å². The van der Waals surface area contributed by atoms with Gasteiger partial charge in [-0.05, 0) is 36.1 Å². The van der Waals surface area contributed by atoms with Crippen LogP contribution >= 0.6 is 0 Å². The van der Waals surface area contributed by atoms with Crippen LogP contribution in [0, 0.1) is 0 Å². The van der Waals surface area contributed by atoms with Gasteiger partial charge in [0.1, 0.15) is 0 Å². The average molecular weight is 285 g/mol. The Kier molecular flexibility index (Phi) is 4.83. The van der Waals surface area contributed by atoms with E-state index in [1.54, 1.807) is 25.3 Å². The van der Waals surface area contributed by atoms with Crippen molar-refractivity contribution in [3.8, 4) is 0 Å². The number of ether oxygens (including phenoxy) is 1. The van der Waals surface area contributed by atoms with Crippen LogP contribution in [0.1, 0.15) is 29.5 Å². The zero-order valence-electron chi connectivity index (χ0n) is 11.3. The van der Waals surface area contributed by atoms with Gasteiger partial charge in [-0.2, -0.15) is 13.2 Å². The summed E-state index contributed by atoms with van der Waals surface area (Å²) < 4.78 is 43.5. The van der Waals surface area contributed by atoms with Gasteiger partial charge in [-0.25, -0.2) is 0 Å². The molecule has 0 bridgehead atoms. The van der Waals surface area contributed by atoms with Crippen LogP contribution in [0.25, 0.3) is 6.08 Å². The Morgan fingerprint density at radius 2 is 2.05 bits per heavy atom. The van der Waals surface area contributed by atoms with Crippen LogP contribution in [-0.4, -0.2) is 19.8 Å². The summed E-state index contributed by atoms with van der Waals surface area (Å²) in [5, 5.41) is 3.23. The molecule has 0 spiro atoms. The quantitative estimate of drug-likeness (QED) is 0.862. The van der Waals surface area contributed by atoms with E-state index in [0.717, 1.165) is 18.9 Å². The van der Waals surface area contributed by atoms with E-state index in [0.29, 0.717) is 30.3 Å². The number of halogens is 3. The topological polar surface area (TPSA) is 21.3 Å². The zero-order valence-corrected chi connectivity index (χ0v) is 11.3. The van der Waals surface area contributed by atoms with Crippen molar-refractivity contribution in [1.82, 2.24) is 5.32 Å². The monoisotopic (exact) mass is 285 g/mol. The third-order valence-corrected chi connectivity index (χ3v) is 3.09. The second-order valence-electron chi connectivity index (χ2n) is 4.97. The zero-order chi connectivity index (χ0) is 14.6. The number of nitrogens with one attached hydrogen (secondary N) is 1. The molecule has 1 aliphatic carbocycles. The minimum Gasteiger partial charge on any atom is -0.381 e. The molecule has 110 valence electrons. The van der Waals surface area contributed by atoms with Crippen LogP contribution in [0.2, 0.25) is 0 Å². The Hall–Kier alpha value is -1.33. The van der Waals surface area contributed by atoms with Gasteiger partial charge in [-0.1, -0.05) is 18.2 Å². The predicted molar refractivity (Wildman–Crippen MR) is 72.2 cm³/mol. The fraction of sp³-hybridized carbons (Fsp3) is 0.467. The van der Waals surface area contributed by atoms with Gasteiger partial charge < -0.3 is 10.1 Å². The Morgan fingerprint density at radius 3 is 2.65 bits per heavy atom. The molecule has 1 aliphatic rings. The first-order chi connectivity index (χ1) is 9.49. The number of hydrogen-bond donors (Lipinski definition) is 1. The van der Waals surface area contributed by atoms with E-state index in [1.165, 1.54) is 6.07 Å². The minimum atomic E-state index is -4.32. The molecule has 0 aliphatic heterocycles. The van der Waals surface area contributed by atoms with Crippen molar-refractivity contribution < 1.29 is 17.9 Å². The maximum absolute atomic E-state index is 12.9. The third-order valence-electron chi connectivity index (χ3n) is 3.09. The SMILES string of the molecule is COC/C=C/c1cc(CNC2CC2)cc(C(F)(F)F)c1. The summed E-state index contributed by atoms with van der Waals surface area (Å²) >= 11 is 0. The molecule has 20 heavy (non-hydrogen) atoms. The maximum atomic E-state index is 12.9. The summed E-state index contributed by atoms with van der Waals surface area (Å²) in [6.45, 7) is 0.853. The molecular weight excluding hydrogens is 267 g/mol. The van der Waals surface area contributed by atoms with Crippen molar-refractivity contribution in [2.24, 2.45) is 0 Å². The lowest BCUT2D eigenvalue weighted by atomic mass is 10.0. The summed E-state index contributed by atoms with van der Waals surface area (Å²) in [7, 11) is 1.54. The van der Waals surface area contributed by atoms with Crippen LogP contribution in [0.15, 0.2) is 24.3 Å². The maximum Gasteiger partial charge on any atom is 0.416 e. The molecule has 1 aromatic carbocycles. The molecule has 1 aromatic rings. The van der Waals surface area contributed by atoms with E-state index in [2.05, 4.69) is 5.32 Å². The second kappa shape index (κ2) is 6.41. The van der Waals surface area contributed by atoms with Crippen LogP contribution in [-0.2, 0) is 17.5 Å². The van der Waals surface area contributed by atoms with Crippen molar-refractivity contribution in [1.29, 1.82) is 0 Å². The summed E-state index contributed by atoms with van der Waals surface area (Å²) in [6.07, 6.45) is 1.26. The van der Waals surface area contributed by atoms with Gasteiger partial charge in [0.15, 0.2) is 0 Å². The lowest BCUT2D eigenvalue weighted by Crippen LogP contribution is -2.16. The lowest BCUT2D eigenvalue weighted by molar-refractivity contribution is -0.137. The van der Waals surface area contributed by atoms with Crippen molar-refractivity contribution >= 4 is 6.08 Å². The Balaban J connectivity index is 2.18. The Morgan fingerprint density at radius 1 is 1.30 bits per heavy atom. The number of alkyl halides is 3. The van der Waals surface area contributed by atoms with E-state index in [9.17, 15) is 13.2 Å². The highest BCUT2D eigenvalue weighted by molar-refractivity contribution is 5.52. The van der Waals surface area contributed by atoms with Gasteiger partial charge in [0.05, 0.1) is 12.2 Å². The summed E-state index contributed by atoms with van der Waals surface area (Å²) in [5.74, 6) is 0. The van der Waals surface area contributed by atoms with E-state index >= 15 is 0 Å². The molecule has 1 N–H and O–H groups in total. The van der Waals surface area contributed by atoms with Crippen molar-refractivity contribution in [2.45, 2.75) is 31.6 Å². The molecule has 2 nitrogen and oxygen atoms in total. The highest BCUT2D eigenvalue weighted by Gasteiger charge is 2.31. The summed E-state index contributed by atoms with van der Waals surface area (Å²) in [5.41, 5.74) is 0.595. The normalized spacial score (nSPS) is 16.0. The van der Waals surface area contributed by atoms with Gasteiger partial charge in [0.25, 0.3) is 0 Å². The molecule has 1 fully saturated rings. The molecule has 0 radical (unpaired) electrons. The molecule has 0 unspecified atom stereocenters. The number of rotatable bonds is 6. The first-order valence-corrected chi connectivity index (χ1v) is 6.59. The highest BCUT2D eigenvalue weighted by Crippen LogP contribution is 2.31. The van der Waals surface area contributed by atoms with Crippen LogP contribution in [0.4, 0.5) is 13.2 Å². The molecule has 2 rings (SSSR count). The van der Waals surface area contributed by atoms with Gasteiger partial charge in [0.2, 0.25) is 0 Å². The number of hydrogen-bond acceptors (Lipinski definition) is 2. The van der Waals surface area contributed by atoms with E-state index in [4.69, 9.17) is 4.74 Å². The standard InChI is InChI=1S/C15H18F3NO/c1-20-6-2-3-11-7-12(10-19-14-4-5-14)9-13(8-11)15(16,17)18/h2-3,7-9,14,19H,4-6,10H2,1H3/b3-2+. The molecule has 0 saturated heterocycles. The molecular formula is C15H18F3NO. The average Bonchev–Trinajstić information content (AvgIpc) is 3.19.